The summed E-state index contributed by atoms with van der Waals surface area (Å²) in [5, 5.41) is 0. The molecule has 1 saturated heterocycles. The van der Waals surface area contributed by atoms with Crippen molar-refractivity contribution < 1.29 is 100 Å². The molecule has 2 aromatic carbocycles. The van der Waals surface area contributed by atoms with Crippen molar-refractivity contribution in [2.45, 2.75) is 159 Å². The predicted molar refractivity (Wildman–Crippen MR) is 235 cm³/mol. The molecule has 1 unspecified atom stereocenters. The molecule has 1 amide bonds. The van der Waals surface area contributed by atoms with E-state index >= 15 is 0 Å². The second-order valence-corrected chi connectivity index (χ2v) is 17.3. The topological polar surface area (TPSA) is 127 Å². The van der Waals surface area contributed by atoms with E-state index in [1.165, 1.54) is 0 Å². The van der Waals surface area contributed by atoms with Gasteiger partial charge in [0.05, 0.1) is 55.1 Å². The lowest BCUT2D eigenvalue weighted by Crippen LogP contribution is -2.40. The van der Waals surface area contributed by atoms with Gasteiger partial charge in [0.2, 0.25) is 5.91 Å². The number of halogens is 12. The molecule has 408 valence electrons. The summed E-state index contributed by atoms with van der Waals surface area (Å²) in [5.74, 6) is -3.15. The van der Waals surface area contributed by atoms with E-state index in [9.17, 15) is 71.9 Å². The maximum absolute atomic E-state index is 13.1. The van der Waals surface area contributed by atoms with Gasteiger partial charge in [-0.15, -0.1) is 0 Å². The van der Waals surface area contributed by atoms with Gasteiger partial charge >= 0.3 is 42.6 Å². The number of morpholine rings is 1. The lowest BCUT2D eigenvalue weighted by Gasteiger charge is -2.26. The van der Waals surface area contributed by atoms with Crippen LogP contribution in [0.15, 0.2) is 36.4 Å². The molecule has 0 saturated carbocycles. The summed E-state index contributed by atoms with van der Waals surface area (Å²) in [6.07, 6.45) is -10.5. The SMILES string of the molecule is O=C(CCCCCCCCCCOc1cc(C(F)(F)F)cc(C(F)(F)F)c1)OCC(COC(=O)CCC(=O)N1CCOCC1)OC(=O)CCCCCCCCCCOc1cc(C(F)(F)F)cc(C(F)(F)F)c1. The van der Waals surface area contributed by atoms with Gasteiger partial charge in [0.1, 0.15) is 24.7 Å². The van der Waals surface area contributed by atoms with Gasteiger partial charge in [-0.05, 0) is 62.1 Å². The third kappa shape index (κ3) is 25.6. The fourth-order valence-electron chi connectivity index (χ4n) is 7.32. The third-order valence-electron chi connectivity index (χ3n) is 11.3. The Morgan fingerprint density at radius 1 is 0.444 bits per heavy atom. The summed E-state index contributed by atoms with van der Waals surface area (Å²) >= 11 is 0. The minimum atomic E-state index is -4.97. The quantitative estimate of drug-likeness (QED) is 0.0302. The van der Waals surface area contributed by atoms with E-state index in [-0.39, 0.29) is 63.5 Å². The van der Waals surface area contributed by atoms with E-state index in [0.29, 0.717) is 102 Å². The fourth-order valence-corrected chi connectivity index (χ4v) is 7.32. The highest BCUT2D eigenvalue weighted by Crippen LogP contribution is 2.40. The molecular formula is C49H63F12NO10. The summed E-state index contributed by atoms with van der Waals surface area (Å²) in [4.78, 5) is 51.9. The van der Waals surface area contributed by atoms with Crippen LogP contribution >= 0.6 is 0 Å². The summed E-state index contributed by atoms with van der Waals surface area (Å²) in [6, 6.07) is 2.22. The van der Waals surface area contributed by atoms with Crippen molar-refractivity contribution in [1.82, 2.24) is 4.90 Å². The number of carbonyl (C=O) groups is 4. The lowest BCUT2D eigenvalue weighted by molar-refractivity contribution is -0.167. The van der Waals surface area contributed by atoms with Crippen LogP contribution in [0.4, 0.5) is 52.7 Å². The smallest absolute Gasteiger partial charge is 0.416 e. The molecule has 23 heteroatoms. The number of alkyl halides is 12. The fraction of sp³-hybridized carbons (Fsp3) is 0.673. The third-order valence-corrected chi connectivity index (χ3v) is 11.3. The highest BCUT2D eigenvalue weighted by atomic mass is 19.4. The number of hydrogen-bond donors (Lipinski definition) is 0. The molecule has 1 atom stereocenters. The second-order valence-electron chi connectivity index (χ2n) is 17.3. The molecule has 0 aliphatic carbocycles. The monoisotopic (exact) mass is 1050 g/mol. The van der Waals surface area contributed by atoms with Crippen LogP contribution in [0.25, 0.3) is 0 Å². The summed E-state index contributed by atoms with van der Waals surface area (Å²) in [5.41, 5.74) is -5.80. The number of ether oxygens (including phenoxy) is 6. The number of carbonyl (C=O) groups excluding carboxylic acids is 4. The maximum Gasteiger partial charge on any atom is 0.416 e. The van der Waals surface area contributed by atoms with Gasteiger partial charge in [0, 0.05) is 32.4 Å². The van der Waals surface area contributed by atoms with Gasteiger partial charge in [-0.25, -0.2) is 0 Å². The first kappa shape index (κ1) is 61.3. The highest BCUT2D eigenvalue weighted by molar-refractivity contribution is 5.81. The van der Waals surface area contributed by atoms with E-state index in [1.807, 2.05) is 0 Å². The Bertz CT molecular complexity index is 1890. The van der Waals surface area contributed by atoms with Crippen molar-refractivity contribution in [3.05, 3.63) is 58.7 Å². The first-order chi connectivity index (χ1) is 33.9. The first-order valence-corrected chi connectivity index (χ1v) is 24.1. The van der Waals surface area contributed by atoms with E-state index in [0.717, 1.165) is 51.4 Å². The number of rotatable bonds is 32. The molecule has 0 N–H and O–H groups in total. The molecule has 2 aromatic rings. The zero-order valence-corrected chi connectivity index (χ0v) is 39.9. The number of unbranched alkanes of at least 4 members (excludes halogenated alkanes) is 14. The van der Waals surface area contributed by atoms with Crippen molar-refractivity contribution >= 4 is 23.8 Å². The van der Waals surface area contributed by atoms with Crippen molar-refractivity contribution in [3.63, 3.8) is 0 Å². The van der Waals surface area contributed by atoms with Gasteiger partial charge < -0.3 is 33.3 Å². The van der Waals surface area contributed by atoms with Crippen LogP contribution < -0.4 is 9.47 Å². The van der Waals surface area contributed by atoms with E-state index in [2.05, 4.69) is 0 Å². The van der Waals surface area contributed by atoms with Gasteiger partial charge in [0.15, 0.2) is 6.10 Å². The predicted octanol–water partition coefficient (Wildman–Crippen LogP) is 12.9. The van der Waals surface area contributed by atoms with Gasteiger partial charge in [0.25, 0.3) is 0 Å². The van der Waals surface area contributed by atoms with Crippen LogP contribution in [0, 0.1) is 0 Å². The van der Waals surface area contributed by atoms with Gasteiger partial charge in [-0.3, -0.25) is 19.2 Å². The number of amides is 1. The minimum Gasteiger partial charge on any atom is -0.494 e. The van der Waals surface area contributed by atoms with Crippen LogP contribution in [0.3, 0.4) is 0 Å². The van der Waals surface area contributed by atoms with Crippen molar-refractivity contribution in [2.24, 2.45) is 0 Å². The Morgan fingerprint density at radius 2 is 0.778 bits per heavy atom. The molecule has 72 heavy (non-hydrogen) atoms. The Balaban J connectivity index is 1.30. The van der Waals surface area contributed by atoms with Crippen LogP contribution in [-0.2, 0) is 62.8 Å². The normalized spacial score (nSPS) is 13.9. The molecule has 0 bridgehead atoms. The minimum absolute atomic E-state index is 0.0229. The molecule has 1 heterocycles. The molecule has 1 aliphatic rings. The Hall–Kier alpha value is -4.96. The highest BCUT2D eigenvalue weighted by Gasteiger charge is 2.38. The molecule has 1 aliphatic heterocycles. The Labute approximate surface area is 410 Å². The lowest BCUT2D eigenvalue weighted by atomic mass is 10.1. The molecule has 0 radical (unpaired) electrons. The summed E-state index contributed by atoms with van der Waals surface area (Å²) in [6.45, 7) is 0.686. The van der Waals surface area contributed by atoms with Gasteiger partial charge in [-0.2, -0.15) is 52.7 Å². The molecule has 1 fully saturated rings. The van der Waals surface area contributed by atoms with E-state index in [1.54, 1.807) is 4.90 Å². The molecule has 0 spiro atoms. The average molecular weight is 1050 g/mol. The van der Waals surface area contributed by atoms with E-state index < -0.39 is 89.1 Å². The first-order valence-electron chi connectivity index (χ1n) is 24.1. The second kappa shape index (κ2) is 30.9. The molecule has 3 rings (SSSR count). The zero-order valence-electron chi connectivity index (χ0n) is 39.9. The molecule has 11 nitrogen and oxygen atoms in total. The molecule has 0 aromatic heterocycles. The van der Waals surface area contributed by atoms with Crippen molar-refractivity contribution in [3.8, 4) is 11.5 Å². The van der Waals surface area contributed by atoms with Crippen LogP contribution in [0.5, 0.6) is 11.5 Å². The number of esters is 3. The van der Waals surface area contributed by atoms with Gasteiger partial charge in [-0.1, -0.05) is 77.0 Å². The van der Waals surface area contributed by atoms with Crippen LogP contribution in [0.1, 0.15) is 151 Å². The number of benzene rings is 2. The van der Waals surface area contributed by atoms with Crippen molar-refractivity contribution in [2.75, 3.05) is 52.7 Å². The number of hydrogen-bond acceptors (Lipinski definition) is 10. The number of nitrogens with zero attached hydrogens (tertiary/aromatic N) is 1. The Morgan fingerprint density at radius 3 is 1.15 bits per heavy atom. The van der Waals surface area contributed by atoms with Crippen molar-refractivity contribution in [1.29, 1.82) is 0 Å². The standard InChI is InChI=1S/C49H63F12NO10/c50-46(51,52)35-27-36(47(53,54)55)30-39(29-35)68-23-15-11-7-3-1-5-9-13-17-43(64)70-33-41(34-71-44(65)20-19-42(63)62-21-25-67-26-22-62)72-45(66)18-14-10-6-2-4-8-12-16-24-69-40-31-37(48(56,57)58)28-38(32-40)49(59,60)61/h27-32,41H,1-26,33-34H2. The largest absolute Gasteiger partial charge is 0.494 e. The Kier molecular flexibility index (Phi) is 26.3. The molecular weight excluding hydrogens is 991 g/mol. The van der Waals surface area contributed by atoms with Crippen LogP contribution in [-0.4, -0.2) is 87.5 Å². The zero-order chi connectivity index (χ0) is 53.2. The average Bonchev–Trinajstić information content (AvgIpc) is 3.31. The van der Waals surface area contributed by atoms with Crippen LogP contribution in [0.2, 0.25) is 0 Å². The summed E-state index contributed by atoms with van der Waals surface area (Å²) in [7, 11) is 0. The van der Waals surface area contributed by atoms with E-state index in [4.69, 9.17) is 28.4 Å². The summed E-state index contributed by atoms with van der Waals surface area (Å²) < 4.78 is 189. The maximum atomic E-state index is 13.1.